The Labute approximate surface area is 125 Å². The maximum Gasteiger partial charge on any atom is 0.272 e. The number of hydrogen-bond acceptors (Lipinski definition) is 3. The summed E-state index contributed by atoms with van der Waals surface area (Å²) in [4.78, 5) is 12.2. The minimum atomic E-state index is -0.229. The van der Waals surface area contributed by atoms with Gasteiger partial charge in [0.1, 0.15) is 0 Å². The zero-order valence-electron chi connectivity index (χ0n) is 12.8. The summed E-state index contributed by atoms with van der Waals surface area (Å²) >= 11 is 0. The molecule has 5 heteroatoms. The third-order valence-electron chi connectivity index (χ3n) is 3.28. The summed E-state index contributed by atoms with van der Waals surface area (Å²) < 4.78 is 1.65. The average Bonchev–Trinajstić information content (AvgIpc) is 2.87. The van der Waals surface area contributed by atoms with Gasteiger partial charge >= 0.3 is 0 Å². The lowest BCUT2D eigenvalue weighted by atomic mass is 9.99. The Morgan fingerprint density at radius 2 is 2.14 bits per heavy atom. The van der Waals surface area contributed by atoms with Crippen LogP contribution in [0.15, 0.2) is 36.5 Å². The van der Waals surface area contributed by atoms with Crippen LogP contribution in [0.2, 0.25) is 0 Å². The molecule has 0 fully saturated rings. The fourth-order valence-electron chi connectivity index (χ4n) is 2.32. The van der Waals surface area contributed by atoms with E-state index in [1.54, 1.807) is 16.9 Å². The van der Waals surface area contributed by atoms with Crippen molar-refractivity contribution in [2.24, 2.45) is 0 Å². The lowest BCUT2D eigenvalue weighted by molar-refractivity contribution is 0.0903. The second kappa shape index (κ2) is 5.99. The third kappa shape index (κ3) is 3.84. The predicted molar refractivity (Wildman–Crippen MR) is 84.4 cm³/mol. The van der Waals surface area contributed by atoms with E-state index in [0.717, 1.165) is 18.5 Å². The molecule has 1 amide bonds. The van der Waals surface area contributed by atoms with Crippen molar-refractivity contribution in [3.8, 4) is 5.69 Å². The monoisotopic (exact) mass is 286 g/mol. The van der Waals surface area contributed by atoms with Crippen LogP contribution in [0, 0.1) is 0 Å². The first-order valence-electron chi connectivity index (χ1n) is 7.15. The number of anilines is 1. The Morgan fingerprint density at radius 1 is 1.38 bits per heavy atom. The first kappa shape index (κ1) is 15.1. The number of nitrogens with one attached hydrogen (secondary N) is 1. The Balaban J connectivity index is 2.14. The van der Waals surface area contributed by atoms with Gasteiger partial charge in [0.15, 0.2) is 5.69 Å². The summed E-state index contributed by atoms with van der Waals surface area (Å²) in [7, 11) is 0. The molecule has 1 heterocycles. The van der Waals surface area contributed by atoms with Crippen molar-refractivity contribution in [1.29, 1.82) is 0 Å². The SMILES string of the molecule is CCCC(C)(C)NC(=O)c1ccn(-c2cccc(N)c2)n1. The van der Waals surface area contributed by atoms with Crippen molar-refractivity contribution >= 4 is 11.6 Å². The van der Waals surface area contributed by atoms with Crippen molar-refractivity contribution in [2.75, 3.05) is 5.73 Å². The highest BCUT2D eigenvalue weighted by atomic mass is 16.2. The van der Waals surface area contributed by atoms with Gasteiger partial charge in [0.2, 0.25) is 0 Å². The van der Waals surface area contributed by atoms with Crippen molar-refractivity contribution < 1.29 is 4.79 Å². The molecule has 0 spiro atoms. The summed E-state index contributed by atoms with van der Waals surface area (Å²) in [6, 6.07) is 9.09. The van der Waals surface area contributed by atoms with Crippen LogP contribution in [0.1, 0.15) is 44.1 Å². The third-order valence-corrected chi connectivity index (χ3v) is 3.28. The van der Waals surface area contributed by atoms with Crippen LogP contribution in [0.3, 0.4) is 0 Å². The fraction of sp³-hybridized carbons (Fsp3) is 0.375. The molecule has 0 bridgehead atoms. The highest BCUT2D eigenvalue weighted by Crippen LogP contribution is 2.14. The molecule has 1 aromatic carbocycles. The van der Waals surface area contributed by atoms with Crippen LogP contribution in [0.5, 0.6) is 0 Å². The van der Waals surface area contributed by atoms with Crippen LogP contribution in [0.4, 0.5) is 5.69 Å². The summed E-state index contributed by atoms with van der Waals surface area (Å²) in [5, 5.41) is 7.33. The van der Waals surface area contributed by atoms with E-state index in [9.17, 15) is 4.79 Å². The Morgan fingerprint density at radius 3 is 2.81 bits per heavy atom. The quantitative estimate of drug-likeness (QED) is 0.830. The van der Waals surface area contributed by atoms with Gasteiger partial charge in [0.25, 0.3) is 5.91 Å². The minimum absolute atomic E-state index is 0.156. The van der Waals surface area contributed by atoms with E-state index in [4.69, 9.17) is 5.73 Å². The number of aromatic nitrogens is 2. The van der Waals surface area contributed by atoms with Gasteiger partial charge in [-0.1, -0.05) is 19.4 Å². The first-order valence-corrected chi connectivity index (χ1v) is 7.15. The van der Waals surface area contributed by atoms with Gasteiger partial charge < -0.3 is 11.1 Å². The number of carbonyl (C=O) groups is 1. The van der Waals surface area contributed by atoms with E-state index in [-0.39, 0.29) is 11.4 Å². The van der Waals surface area contributed by atoms with Gasteiger partial charge in [-0.2, -0.15) is 5.10 Å². The summed E-state index contributed by atoms with van der Waals surface area (Å²) in [5.41, 5.74) is 7.43. The number of hydrogen-bond donors (Lipinski definition) is 2. The van der Waals surface area contributed by atoms with Gasteiger partial charge in [-0.25, -0.2) is 4.68 Å². The molecule has 5 nitrogen and oxygen atoms in total. The molecule has 21 heavy (non-hydrogen) atoms. The largest absolute Gasteiger partial charge is 0.399 e. The molecule has 0 unspecified atom stereocenters. The maximum atomic E-state index is 12.2. The molecule has 0 saturated heterocycles. The van der Waals surface area contributed by atoms with Crippen molar-refractivity contribution in [3.05, 3.63) is 42.2 Å². The minimum Gasteiger partial charge on any atom is -0.399 e. The number of nitrogens with zero attached hydrogens (tertiary/aromatic N) is 2. The van der Waals surface area contributed by atoms with E-state index in [2.05, 4.69) is 17.3 Å². The topological polar surface area (TPSA) is 72.9 Å². The Bertz CT molecular complexity index is 631. The summed E-state index contributed by atoms with van der Waals surface area (Å²) in [6.07, 6.45) is 3.70. The van der Waals surface area contributed by atoms with Crippen LogP contribution < -0.4 is 11.1 Å². The highest BCUT2D eigenvalue weighted by Gasteiger charge is 2.21. The number of nitrogens with two attached hydrogens (primary N) is 1. The zero-order chi connectivity index (χ0) is 15.5. The second-order valence-corrected chi connectivity index (χ2v) is 5.83. The number of nitrogen functional groups attached to an aromatic ring is 1. The Kier molecular flexibility index (Phi) is 4.31. The maximum absolute atomic E-state index is 12.2. The predicted octanol–water partition coefficient (Wildman–Crippen LogP) is 2.76. The zero-order valence-corrected chi connectivity index (χ0v) is 12.8. The summed E-state index contributed by atoms with van der Waals surface area (Å²) in [6.45, 7) is 6.13. The van der Waals surface area contributed by atoms with E-state index >= 15 is 0 Å². The van der Waals surface area contributed by atoms with E-state index in [1.165, 1.54) is 0 Å². The Hall–Kier alpha value is -2.30. The molecule has 3 N–H and O–H groups in total. The van der Waals surface area contributed by atoms with Crippen molar-refractivity contribution in [3.63, 3.8) is 0 Å². The number of benzene rings is 1. The molecule has 0 aliphatic rings. The average molecular weight is 286 g/mol. The molecule has 112 valence electrons. The lowest BCUT2D eigenvalue weighted by Gasteiger charge is -2.25. The molecule has 0 aliphatic heterocycles. The highest BCUT2D eigenvalue weighted by molar-refractivity contribution is 5.92. The number of carbonyl (C=O) groups excluding carboxylic acids is 1. The number of amides is 1. The molecule has 0 saturated carbocycles. The lowest BCUT2D eigenvalue weighted by Crippen LogP contribution is -2.43. The van der Waals surface area contributed by atoms with Gasteiger partial charge in [-0.3, -0.25) is 4.79 Å². The second-order valence-electron chi connectivity index (χ2n) is 5.83. The smallest absolute Gasteiger partial charge is 0.272 e. The van der Waals surface area contributed by atoms with Crippen LogP contribution in [-0.4, -0.2) is 21.2 Å². The molecular formula is C16H22N4O. The van der Waals surface area contributed by atoms with Crippen molar-refractivity contribution in [1.82, 2.24) is 15.1 Å². The molecule has 2 rings (SSSR count). The molecule has 0 radical (unpaired) electrons. The van der Waals surface area contributed by atoms with E-state index in [1.807, 2.05) is 38.1 Å². The fourth-order valence-corrected chi connectivity index (χ4v) is 2.32. The van der Waals surface area contributed by atoms with E-state index in [0.29, 0.717) is 11.4 Å². The molecule has 0 aliphatic carbocycles. The molecular weight excluding hydrogens is 264 g/mol. The van der Waals surface area contributed by atoms with E-state index < -0.39 is 0 Å². The molecule has 2 aromatic rings. The first-order chi connectivity index (χ1) is 9.91. The van der Waals surface area contributed by atoms with Gasteiger partial charge in [0, 0.05) is 17.4 Å². The van der Waals surface area contributed by atoms with Crippen LogP contribution in [0.25, 0.3) is 5.69 Å². The van der Waals surface area contributed by atoms with Crippen LogP contribution >= 0.6 is 0 Å². The molecule has 0 atom stereocenters. The summed E-state index contributed by atoms with van der Waals surface area (Å²) in [5.74, 6) is -0.156. The van der Waals surface area contributed by atoms with Crippen LogP contribution in [-0.2, 0) is 0 Å². The normalized spacial score (nSPS) is 11.4. The van der Waals surface area contributed by atoms with Gasteiger partial charge in [0.05, 0.1) is 5.69 Å². The number of rotatable bonds is 5. The standard InChI is InChI=1S/C16H22N4O/c1-4-9-16(2,3)18-15(21)14-8-10-20(19-14)13-7-5-6-12(17)11-13/h5-8,10-11H,4,9,17H2,1-3H3,(H,18,21). The van der Waals surface area contributed by atoms with Gasteiger partial charge in [-0.05, 0) is 44.5 Å². The molecule has 1 aromatic heterocycles. The van der Waals surface area contributed by atoms with Crippen molar-refractivity contribution in [2.45, 2.75) is 39.2 Å². The van der Waals surface area contributed by atoms with Gasteiger partial charge in [-0.15, -0.1) is 0 Å².